The zero-order chi connectivity index (χ0) is 15.6. The van der Waals surface area contributed by atoms with Gasteiger partial charge in [-0.2, -0.15) is 0 Å². The Hall–Kier alpha value is -0.470. The van der Waals surface area contributed by atoms with Crippen molar-refractivity contribution in [1.29, 1.82) is 0 Å². The maximum Gasteiger partial charge on any atom is 0.211 e. The van der Waals surface area contributed by atoms with Gasteiger partial charge in [0.25, 0.3) is 0 Å². The number of hydrogen-bond acceptors (Lipinski definition) is 5. The Morgan fingerprint density at radius 2 is 2.32 bits per heavy atom. The van der Waals surface area contributed by atoms with E-state index in [4.69, 9.17) is 4.74 Å². The number of ether oxygens (including phenoxy) is 1. The number of hydrogen-bond donors (Lipinski definition) is 1. The van der Waals surface area contributed by atoms with Gasteiger partial charge in [0.15, 0.2) is 0 Å². The summed E-state index contributed by atoms with van der Waals surface area (Å²) in [5.41, 5.74) is 0.0252. The van der Waals surface area contributed by atoms with E-state index in [1.165, 1.54) is 4.88 Å². The molecule has 124 valence electrons. The van der Waals surface area contributed by atoms with Crippen LogP contribution in [0, 0.1) is 5.92 Å². The molecule has 1 spiro atoms. The Morgan fingerprint density at radius 3 is 2.91 bits per heavy atom. The van der Waals surface area contributed by atoms with Gasteiger partial charge in [0.05, 0.1) is 18.0 Å². The van der Waals surface area contributed by atoms with Gasteiger partial charge in [-0.3, -0.25) is 4.90 Å². The molecule has 2 aliphatic heterocycles. The molecule has 0 aromatic carbocycles. The van der Waals surface area contributed by atoms with Gasteiger partial charge in [-0.15, -0.1) is 11.3 Å². The van der Waals surface area contributed by atoms with Crippen LogP contribution in [0.25, 0.3) is 0 Å². The summed E-state index contributed by atoms with van der Waals surface area (Å²) in [6.45, 7) is 5.84. The van der Waals surface area contributed by atoms with Crippen LogP contribution in [-0.2, 0) is 21.3 Å². The number of nitrogens with zero attached hydrogens (tertiary/aromatic N) is 1. The van der Waals surface area contributed by atoms with Crippen LogP contribution in [0.2, 0.25) is 0 Å². The summed E-state index contributed by atoms with van der Waals surface area (Å²) in [6.07, 6.45) is 2.07. The average molecular weight is 345 g/mol. The van der Waals surface area contributed by atoms with Crippen molar-refractivity contribution in [1.82, 2.24) is 9.62 Å². The lowest BCUT2D eigenvalue weighted by molar-refractivity contribution is -0.180. The summed E-state index contributed by atoms with van der Waals surface area (Å²) < 4.78 is 31.7. The number of thiophene rings is 1. The van der Waals surface area contributed by atoms with Crippen molar-refractivity contribution in [2.24, 2.45) is 5.92 Å². The van der Waals surface area contributed by atoms with Crippen molar-refractivity contribution in [3.63, 3.8) is 0 Å². The van der Waals surface area contributed by atoms with Crippen molar-refractivity contribution >= 4 is 21.4 Å². The monoisotopic (exact) mass is 344 g/mol. The van der Waals surface area contributed by atoms with Gasteiger partial charge in [0.1, 0.15) is 0 Å². The number of rotatable bonds is 6. The fraction of sp³-hybridized carbons (Fsp3) is 0.733. The SMILES string of the molecule is CCS(=O)(=O)NC[C@H]1CCC2(CN(Cc3cccs3)C2)OC1. The van der Waals surface area contributed by atoms with E-state index in [-0.39, 0.29) is 11.4 Å². The topological polar surface area (TPSA) is 58.6 Å². The standard InChI is InChI=1S/C15H24N2O3S2/c1-2-22(18,19)16-8-13-5-6-15(20-10-13)11-17(12-15)9-14-4-3-7-21-14/h3-4,7,13,16H,2,5-6,8-12H2,1H3/t13-/m1/s1. The molecule has 0 saturated carbocycles. The minimum Gasteiger partial charge on any atom is -0.372 e. The molecule has 7 heteroatoms. The van der Waals surface area contributed by atoms with Crippen LogP contribution in [0.1, 0.15) is 24.6 Å². The maximum atomic E-state index is 11.5. The number of nitrogens with one attached hydrogen (secondary N) is 1. The molecule has 2 aliphatic rings. The second kappa shape index (κ2) is 6.57. The predicted octanol–water partition coefficient (Wildman–Crippen LogP) is 1.67. The van der Waals surface area contributed by atoms with Crippen molar-refractivity contribution < 1.29 is 13.2 Å². The highest BCUT2D eigenvalue weighted by Crippen LogP contribution is 2.36. The highest BCUT2D eigenvalue weighted by atomic mass is 32.2. The van der Waals surface area contributed by atoms with Gasteiger partial charge < -0.3 is 4.74 Å². The second-order valence-corrected chi connectivity index (χ2v) is 9.50. The highest BCUT2D eigenvalue weighted by Gasteiger charge is 2.46. The van der Waals surface area contributed by atoms with Gasteiger partial charge in [-0.05, 0) is 37.1 Å². The summed E-state index contributed by atoms with van der Waals surface area (Å²) in [7, 11) is -3.09. The number of sulfonamides is 1. The van der Waals surface area contributed by atoms with Crippen LogP contribution in [-0.4, -0.2) is 50.9 Å². The molecule has 0 unspecified atom stereocenters. The van der Waals surface area contributed by atoms with Crippen LogP contribution in [0.5, 0.6) is 0 Å². The minimum atomic E-state index is -3.09. The van der Waals surface area contributed by atoms with Crippen molar-refractivity contribution in [3.8, 4) is 0 Å². The maximum absolute atomic E-state index is 11.5. The molecule has 2 saturated heterocycles. The number of likely N-dealkylation sites (tertiary alicyclic amines) is 1. The first kappa shape index (κ1) is 16.4. The summed E-state index contributed by atoms with van der Waals surface area (Å²) in [4.78, 5) is 3.82. The van der Waals surface area contributed by atoms with E-state index in [9.17, 15) is 8.42 Å². The lowest BCUT2D eigenvalue weighted by Gasteiger charge is -2.52. The van der Waals surface area contributed by atoms with E-state index in [1.54, 1.807) is 18.3 Å². The summed E-state index contributed by atoms with van der Waals surface area (Å²) in [5, 5.41) is 2.12. The molecule has 5 nitrogen and oxygen atoms in total. The largest absolute Gasteiger partial charge is 0.372 e. The van der Waals surface area contributed by atoms with Crippen LogP contribution in [0.15, 0.2) is 17.5 Å². The molecule has 0 bridgehead atoms. The molecular formula is C15H24N2O3S2. The molecule has 1 aromatic heterocycles. The van der Waals surface area contributed by atoms with Crippen LogP contribution < -0.4 is 4.72 Å². The first-order valence-electron chi connectivity index (χ1n) is 7.86. The van der Waals surface area contributed by atoms with E-state index in [1.807, 2.05) is 0 Å². The lowest BCUT2D eigenvalue weighted by Crippen LogP contribution is -2.64. The zero-order valence-electron chi connectivity index (χ0n) is 13.0. The van der Waals surface area contributed by atoms with Crippen LogP contribution in [0.4, 0.5) is 0 Å². The third-order valence-corrected chi connectivity index (χ3v) is 6.82. The highest BCUT2D eigenvalue weighted by molar-refractivity contribution is 7.89. The quantitative estimate of drug-likeness (QED) is 0.853. The summed E-state index contributed by atoms with van der Waals surface area (Å²) in [6, 6.07) is 4.27. The third kappa shape index (κ3) is 3.89. The Balaban J connectivity index is 1.40. The Labute approximate surface area is 136 Å². The van der Waals surface area contributed by atoms with Crippen molar-refractivity contribution in [2.75, 3.05) is 32.0 Å². The smallest absolute Gasteiger partial charge is 0.211 e. The van der Waals surface area contributed by atoms with Crippen molar-refractivity contribution in [2.45, 2.75) is 31.9 Å². The van der Waals surface area contributed by atoms with E-state index >= 15 is 0 Å². The Morgan fingerprint density at radius 1 is 1.50 bits per heavy atom. The fourth-order valence-corrected chi connectivity index (χ4v) is 4.62. The molecule has 2 fully saturated rings. The first-order chi connectivity index (χ1) is 10.5. The Kier molecular flexibility index (Phi) is 4.89. The van der Waals surface area contributed by atoms with E-state index in [0.29, 0.717) is 19.1 Å². The molecule has 1 aromatic rings. The molecule has 3 rings (SSSR count). The van der Waals surface area contributed by atoms with Gasteiger partial charge in [-0.25, -0.2) is 13.1 Å². The lowest BCUT2D eigenvalue weighted by atomic mass is 9.83. The predicted molar refractivity (Wildman–Crippen MR) is 88.5 cm³/mol. The van der Waals surface area contributed by atoms with Crippen LogP contribution >= 0.6 is 11.3 Å². The minimum absolute atomic E-state index is 0.0252. The van der Waals surface area contributed by atoms with Crippen LogP contribution in [0.3, 0.4) is 0 Å². The second-order valence-electron chi connectivity index (χ2n) is 6.38. The third-order valence-electron chi connectivity index (χ3n) is 4.59. The zero-order valence-corrected chi connectivity index (χ0v) is 14.6. The molecule has 22 heavy (non-hydrogen) atoms. The van der Waals surface area contributed by atoms with Gasteiger partial charge in [0.2, 0.25) is 10.0 Å². The normalized spacial score (nSPS) is 25.2. The van der Waals surface area contributed by atoms with Gasteiger partial charge in [-0.1, -0.05) is 6.07 Å². The van der Waals surface area contributed by atoms with Crippen molar-refractivity contribution in [3.05, 3.63) is 22.4 Å². The average Bonchev–Trinajstić information content (AvgIpc) is 2.98. The first-order valence-corrected chi connectivity index (χ1v) is 10.4. The van der Waals surface area contributed by atoms with Gasteiger partial charge in [0, 0.05) is 31.1 Å². The fourth-order valence-electron chi connectivity index (χ4n) is 3.18. The summed E-state index contributed by atoms with van der Waals surface area (Å²) >= 11 is 1.80. The Bertz CT molecular complexity index is 570. The summed E-state index contributed by atoms with van der Waals surface area (Å²) in [5.74, 6) is 0.445. The van der Waals surface area contributed by atoms with Gasteiger partial charge >= 0.3 is 0 Å². The van der Waals surface area contributed by atoms with E-state index < -0.39 is 10.0 Å². The van der Waals surface area contributed by atoms with E-state index in [2.05, 4.69) is 27.1 Å². The molecule has 0 amide bonds. The molecule has 0 radical (unpaired) electrons. The molecular weight excluding hydrogens is 320 g/mol. The van der Waals surface area contributed by atoms with E-state index in [0.717, 1.165) is 32.5 Å². The molecule has 0 aliphatic carbocycles. The molecule has 1 atom stereocenters. The molecule has 3 heterocycles. The molecule has 1 N–H and O–H groups in total.